The summed E-state index contributed by atoms with van der Waals surface area (Å²) in [4.78, 5) is 26.1. The number of benzene rings is 2. The highest BCUT2D eigenvalue weighted by Gasteiger charge is 2.24. The van der Waals surface area contributed by atoms with Gasteiger partial charge in [-0.1, -0.05) is 12.1 Å². The number of carbonyl (C=O) groups is 2. The van der Waals surface area contributed by atoms with E-state index < -0.39 is 5.82 Å². The van der Waals surface area contributed by atoms with Crippen LogP contribution in [0.1, 0.15) is 40.5 Å². The summed E-state index contributed by atoms with van der Waals surface area (Å²) in [5.41, 5.74) is 2.16. The van der Waals surface area contributed by atoms with E-state index in [1.807, 2.05) is 0 Å². The fourth-order valence-corrected chi connectivity index (χ4v) is 3.30. The van der Waals surface area contributed by atoms with Gasteiger partial charge in [0, 0.05) is 24.2 Å². The number of likely N-dealkylation sites (tertiary alicyclic amines) is 1. The van der Waals surface area contributed by atoms with Gasteiger partial charge in [-0.15, -0.1) is 0 Å². The molecule has 1 heterocycles. The lowest BCUT2D eigenvalue weighted by atomic mass is 9.96. The van der Waals surface area contributed by atoms with Crippen molar-refractivity contribution in [1.29, 1.82) is 5.26 Å². The molecule has 2 aromatic carbocycles. The van der Waals surface area contributed by atoms with Crippen LogP contribution in [0.2, 0.25) is 0 Å². The Morgan fingerprint density at radius 2 is 1.92 bits per heavy atom. The van der Waals surface area contributed by atoms with E-state index in [0.29, 0.717) is 35.3 Å². The number of ketones is 1. The summed E-state index contributed by atoms with van der Waals surface area (Å²) in [5.74, 6) is -0.781. The highest BCUT2D eigenvalue weighted by Crippen LogP contribution is 2.26. The number of piperidine rings is 1. The normalized spacial score (nSPS) is 16.8. The van der Waals surface area contributed by atoms with Crippen molar-refractivity contribution in [3.63, 3.8) is 0 Å². The van der Waals surface area contributed by atoms with Crippen LogP contribution in [0.25, 0.3) is 11.1 Å². The van der Waals surface area contributed by atoms with E-state index in [2.05, 4.69) is 6.07 Å². The largest absolute Gasteiger partial charge is 0.337 e. The predicted octanol–water partition coefficient (Wildman–Crippen LogP) is 4.07. The number of carbonyl (C=O) groups excluding carboxylic acids is 2. The molecule has 3 rings (SSSR count). The summed E-state index contributed by atoms with van der Waals surface area (Å²) in [6.45, 7) is 2.54. The molecule has 1 amide bonds. The van der Waals surface area contributed by atoms with E-state index in [1.54, 1.807) is 29.2 Å². The molecule has 0 aliphatic carbocycles. The second kappa shape index (κ2) is 7.49. The van der Waals surface area contributed by atoms with Crippen LogP contribution in [-0.2, 0) is 0 Å². The molecule has 0 saturated carbocycles. The minimum absolute atomic E-state index is 0.109. The third-order valence-corrected chi connectivity index (χ3v) is 4.69. The lowest BCUT2D eigenvalue weighted by molar-refractivity contribution is 0.0698. The first-order valence-corrected chi connectivity index (χ1v) is 8.59. The second-order valence-corrected chi connectivity index (χ2v) is 6.54. The molecule has 26 heavy (non-hydrogen) atoms. The Bertz CT molecular complexity index is 884. The maximum absolute atomic E-state index is 13.6. The van der Waals surface area contributed by atoms with Crippen molar-refractivity contribution < 1.29 is 14.0 Å². The molecule has 5 heteroatoms. The van der Waals surface area contributed by atoms with E-state index in [0.717, 1.165) is 12.8 Å². The molecule has 1 aliphatic rings. The highest BCUT2D eigenvalue weighted by atomic mass is 19.1. The van der Waals surface area contributed by atoms with Gasteiger partial charge in [-0.05, 0) is 61.2 Å². The van der Waals surface area contributed by atoms with E-state index in [-0.39, 0.29) is 17.6 Å². The smallest absolute Gasteiger partial charge is 0.253 e. The summed E-state index contributed by atoms with van der Waals surface area (Å²) in [5, 5.41) is 9.07. The third-order valence-electron chi connectivity index (χ3n) is 4.69. The van der Waals surface area contributed by atoms with Crippen molar-refractivity contribution in [2.24, 2.45) is 5.92 Å². The second-order valence-electron chi connectivity index (χ2n) is 6.54. The van der Waals surface area contributed by atoms with Gasteiger partial charge in [0.25, 0.3) is 5.91 Å². The van der Waals surface area contributed by atoms with Gasteiger partial charge in [0.2, 0.25) is 0 Å². The Labute approximate surface area is 151 Å². The quantitative estimate of drug-likeness (QED) is 0.784. The number of rotatable bonds is 3. The molecule has 4 nitrogen and oxygen atoms in total. The van der Waals surface area contributed by atoms with Gasteiger partial charge in [-0.2, -0.15) is 5.26 Å². The molecule has 1 saturated heterocycles. The summed E-state index contributed by atoms with van der Waals surface area (Å²) >= 11 is 0. The van der Waals surface area contributed by atoms with Gasteiger partial charge in [-0.25, -0.2) is 4.39 Å². The van der Waals surface area contributed by atoms with Gasteiger partial charge in [0.15, 0.2) is 5.78 Å². The maximum atomic E-state index is 13.6. The van der Waals surface area contributed by atoms with E-state index >= 15 is 0 Å². The highest BCUT2D eigenvalue weighted by molar-refractivity contribution is 6.01. The van der Waals surface area contributed by atoms with Gasteiger partial charge in [0.1, 0.15) is 5.82 Å². The predicted molar refractivity (Wildman–Crippen MR) is 96.1 cm³/mol. The van der Waals surface area contributed by atoms with E-state index in [9.17, 15) is 14.0 Å². The van der Waals surface area contributed by atoms with Crippen LogP contribution in [0, 0.1) is 23.1 Å². The molecule has 1 unspecified atom stereocenters. The SMILES string of the molecule is CC(=O)c1ccc(F)cc1-c1ccc(C(=O)N2CCCC(C#N)C2)cc1. The average molecular weight is 350 g/mol. The first kappa shape index (κ1) is 17.8. The molecule has 1 atom stereocenters. The Kier molecular flexibility index (Phi) is 5.13. The topological polar surface area (TPSA) is 61.2 Å². The molecule has 2 aromatic rings. The van der Waals surface area contributed by atoms with Crippen molar-refractivity contribution in [1.82, 2.24) is 4.90 Å². The lowest BCUT2D eigenvalue weighted by Gasteiger charge is -2.29. The van der Waals surface area contributed by atoms with E-state index in [4.69, 9.17) is 5.26 Å². The molecule has 0 aromatic heterocycles. The summed E-state index contributed by atoms with van der Waals surface area (Å²) in [6, 6.07) is 13.1. The molecule has 0 radical (unpaired) electrons. The number of hydrogen-bond acceptors (Lipinski definition) is 3. The fourth-order valence-electron chi connectivity index (χ4n) is 3.30. The van der Waals surface area contributed by atoms with Crippen molar-refractivity contribution in [2.45, 2.75) is 19.8 Å². The van der Waals surface area contributed by atoms with Crippen LogP contribution >= 0.6 is 0 Å². The van der Waals surface area contributed by atoms with Gasteiger partial charge in [0.05, 0.1) is 12.0 Å². The first-order valence-electron chi connectivity index (χ1n) is 8.59. The van der Waals surface area contributed by atoms with Gasteiger partial charge < -0.3 is 4.90 Å². The van der Waals surface area contributed by atoms with Crippen molar-refractivity contribution >= 4 is 11.7 Å². The van der Waals surface area contributed by atoms with Gasteiger partial charge in [-0.3, -0.25) is 9.59 Å². The molecule has 0 bridgehead atoms. The van der Waals surface area contributed by atoms with Crippen LogP contribution < -0.4 is 0 Å². The first-order chi connectivity index (χ1) is 12.5. The Morgan fingerprint density at radius 3 is 2.58 bits per heavy atom. The average Bonchev–Trinajstić information content (AvgIpc) is 2.67. The maximum Gasteiger partial charge on any atom is 0.253 e. The number of amides is 1. The zero-order valence-corrected chi connectivity index (χ0v) is 14.5. The zero-order valence-electron chi connectivity index (χ0n) is 14.5. The summed E-state index contributed by atoms with van der Waals surface area (Å²) in [7, 11) is 0. The monoisotopic (exact) mass is 350 g/mol. The standard InChI is InChI=1S/C21H19FN2O2/c1-14(25)19-9-8-18(22)11-20(19)16-4-6-17(7-5-16)21(26)24-10-2-3-15(12-23)13-24/h4-9,11,15H,2-3,10,13H2,1H3. The van der Waals surface area contributed by atoms with E-state index in [1.165, 1.54) is 25.1 Å². The minimum Gasteiger partial charge on any atom is -0.337 e. The Hall–Kier alpha value is -3.00. The molecule has 1 aliphatic heterocycles. The van der Waals surface area contributed by atoms with Crippen LogP contribution in [0.4, 0.5) is 4.39 Å². The van der Waals surface area contributed by atoms with Gasteiger partial charge >= 0.3 is 0 Å². The molecular formula is C21H19FN2O2. The molecule has 0 N–H and O–H groups in total. The van der Waals surface area contributed by atoms with Crippen LogP contribution in [0.5, 0.6) is 0 Å². The fraction of sp³-hybridized carbons (Fsp3) is 0.286. The molecule has 0 spiro atoms. The lowest BCUT2D eigenvalue weighted by Crippen LogP contribution is -2.39. The number of nitriles is 1. The molecular weight excluding hydrogens is 331 g/mol. The Balaban J connectivity index is 1.85. The zero-order chi connectivity index (χ0) is 18.7. The van der Waals surface area contributed by atoms with Crippen molar-refractivity contribution in [2.75, 3.05) is 13.1 Å². The van der Waals surface area contributed by atoms with Crippen LogP contribution in [-0.4, -0.2) is 29.7 Å². The number of halogens is 1. The summed E-state index contributed by atoms with van der Waals surface area (Å²) < 4.78 is 13.6. The van der Waals surface area contributed by atoms with Crippen molar-refractivity contribution in [3.8, 4) is 17.2 Å². The molecule has 132 valence electrons. The number of nitrogens with zero attached hydrogens (tertiary/aromatic N) is 2. The minimum atomic E-state index is -0.416. The molecule has 1 fully saturated rings. The number of hydrogen-bond donors (Lipinski definition) is 0. The summed E-state index contributed by atoms with van der Waals surface area (Å²) in [6.07, 6.45) is 1.65. The van der Waals surface area contributed by atoms with Crippen molar-refractivity contribution in [3.05, 3.63) is 59.4 Å². The number of Topliss-reactive ketones (excluding diaryl/α,β-unsaturated/α-hetero) is 1. The Morgan fingerprint density at radius 1 is 1.19 bits per heavy atom. The third kappa shape index (κ3) is 3.65. The van der Waals surface area contributed by atoms with Crippen LogP contribution in [0.15, 0.2) is 42.5 Å². The van der Waals surface area contributed by atoms with Crippen LogP contribution in [0.3, 0.4) is 0 Å².